The van der Waals surface area contributed by atoms with Crippen molar-refractivity contribution >= 4 is 29.9 Å². The first-order chi connectivity index (χ1) is 16.1. The number of hydrogen-bond donors (Lipinski definition) is 2. The van der Waals surface area contributed by atoms with Crippen molar-refractivity contribution in [3.05, 3.63) is 65.6 Å². The van der Waals surface area contributed by atoms with Crippen molar-refractivity contribution in [1.29, 1.82) is 0 Å². The first-order valence-electron chi connectivity index (χ1n) is 11.6. The molecule has 2 saturated heterocycles. The Hall–Kier alpha value is -2.88. The summed E-state index contributed by atoms with van der Waals surface area (Å²) in [6.07, 6.45) is 0.462. The molecule has 34 heavy (non-hydrogen) atoms. The van der Waals surface area contributed by atoms with Crippen molar-refractivity contribution in [2.75, 3.05) is 16.9 Å². The number of rotatable bonds is 4. The Labute approximate surface area is 199 Å². The second-order valence-corrected chi connectivity index (χ2v) is 9.92. The predicted molar refractivity (Wildman–Crippen MR) is 129 cm³/mol. The van der Waals surface area contributed by atoms with Gasteiger partial charge in [0.25, 0.3) is 5.91 Å². The van der Waals surface area contributed by atoms with Gasteiger partial charge in [0, 0.05) is 23.4 Å². The van der Waals surface area contributed by atoms with Gasteiger partial charge in [0.05, 0.1) is 22.5 Å². The van der Waals surface area contributed by atoms with E-state index in [4.69, 9.17) is 9.31 Å². The van der Waals surface area contributed by atoms with Gasteiger partial charge in [-0.2, -0.15) is 0 Å². The minimum absolute atomic E-state index is 0.275. The standard InChI is InChI=1S/C25H29BFN3O4/c1-24(2)25(3,4)34-26(33-24)18-13-12-16(15-19(18)27)28-22(31)21-20-11-8-14-29(20)30(23(21)32)17-9-6-5-7-10-17/h5-7,9-10,12-13,15,23,32H,8,11,14H2,1-4H3,(H,28,31). The third kappa shape index (κ3) is 3.68. The highest BCUT2D eigenvalue weighted by Crippen LogP contribution is 2.39. The van der Waals surface area contributed by atoms with Gasteiger partial charge in [0.2, 0.25) is 0 Å². The third-order valence-corrected chi connectivity index (χ3v) is 7.19. The van der Waals surface area contributed by atoms with Gasteiger partial charge in [-0.05, 0) is 64.8 Å². The lowest BCUT2D eigenvalue weighted by atomic mass is 9.78. The molecule has 0 aromatic heterocycles. The van der Waals surface area contributed by atoms with Crippen LogP contribution < -0.4 is 15.8 Å². The minimum Gasteiger partial charge on any atom is -0.399 e. The van der Waals surface area contributed by atoms with E-state index in [1.807, 2.05) is 63.0 Å². The van der Waals surface area contributed by atoms with Gasteiger partial charge in [-0.1, -0.05) is 24.3 Å². The molecule has 0 bridgehead atoms. The fourth-order valence-corrected chi connectivity index (χ4v) is 4.65. The highest BCUT2D eigenvalue weighted by Gasteiger charge is 2.52. The Morgan fingerprint density at radius 3 is 2.44 bits per heavy atom. The summed E-state index contributed by atoms with van der Waals surface area (Å²) in [5.41, 5.74) is 1.29. The lowest BCUT2D eigenvalue weighted by Gasteiger charge is -2.32. The molecule has 1 unspecified atom stereocenters. The second-order valence-electron chi connectivity index (χ2n) is 9.92. The maximum atomic E-state index is 15.0. The van der Waals surface area contributed by atoms with Crippen molar-refractivity contribution in [1.82, 2.24) is 5.01 Å². The number of para-hydroxylation sites is 1. The van der Waals surface area contributed by atoms with Crippen LogP contribution in [-0.2, 0) is 14.1 Å². The lowest BCUT2D eigenvalue weighted by molar-refractivity contribution is -0.113. The molecule has 2 aromatic carbocycles. The SMILES string of the molecule is CC1(C)OB(c2ccc(NC(=O)C3=C4CCCN4N(c4ccccc4)C3O)cc2F)OC1(C)C. The van der Waals surface area contributed by atoms with Gasteiger partial charge in [0.15, 0.2) is 6.23 Å². The zero-order valence-electron chi connectivity index (χ0n) is 19.8. The van der Waals surface area contributed by atoms with E-state index in [1.165, 1.54) is 6.07 Å². The van der Waals surface area contributed by atoms with Crippen molar-refractivity contribution in [3.63, 3.8) is 0 Å². The van der Waals surface area contributed by atoms with Gasteiger partial charge >= 0.3 is 7.12 Å². The van der Waals surface area contributed by atoms with E-state index in [9.17, 15) is 9.90 Å². The molecule has 5 rings (SSSR count). The number of carbonyl (C=O) groups excluding carboxylic acids is 1. The summed E-state index contributed by atoms with van der Waals surface area (Å²) in [4.78, 5) is 13.2. The summed E-state index contributed by atoms with van der Waals surface area (Å²) >= 11 is 0. The maximum Gasteiger partial charge on any atom is 0.497 e. The molecular weight excluding hydrogens is 436 g/mol. The molecule has 2 fully saturated rings. The van der Waals surface area contributed by atoms with Gasteiger partial charge in [-0.3, -0.25) is 14.8 Å². The number of halogens is 1. The van der Waals surface area contributed by atoms with E-state index in [2.05, 4.69) is 5.32 Å². The zero-order chi connectivity index (χ0) is 24.3. The predicted octanol–water partition coefficient (Wildman–Crippen LogP) is 3.17. The number of allylic oxidation sites excluding steroid dienone is 1. The van der Waals surface area contributed by atoms with Crippen LogP contribution in [0, 0.1) is 5.82 Å². The molecule has 7 nitrogen and oxygen atoms in total. The van der Waals surface area contributed by atoms with Crippen LogP contribution in [0.25, 0.3) is 0 Å². The van der Waals surface area contributed by atoms with Crippen molar-refractivity contribution in [2.45, 2.75) is 58.0 Å². The summed E-state index contributed by atoms with van der Waals surface area (Å²) in [5.74, 6) is -0.982. The molecule has 0 aliphatic carbocycles. The largest absolute Gasteiger partial charge is 0.497 e. The highest BCUT2D eigenvalue weighted by atomic mass is 19.1. The molecule has 3 aliphatic heterocycles. The Morgan fingerprint density at radius 1 is 1.12 bits per heavy atom. The van der Waals surface area contributed by atoms with Crippen LogP contribution in [0.3, 0.4) is 0 Å². The molecule has 1 amide bonds. The molecule has 0 spiro atoms. The van der Waals surface area contributed by atoms with Crippen LogP contribution in [0.4, 0.5) is 15.8 Å². The summed E-state index contributed by atoms with van der Waals surface area (Å²) in [5, 5.41) is 17.5. The molecule has 3 heterocycles. The lowest BCUT2D eigenvalue weighted by Crippen LogP contribution is -2.42. The normalized spacial score (nSPS) is 23.0. The number of hydrazine groups is 1. The van der Waals surface area contributed by atoms with Crippen molar-refractivity contribution in [2.24, 2.45) is 0 Å². The summed E-state index contributed by atoms with van der Waals surface area (Å²) in [6.45, 7) is 8.35. The van der Waals surface area contributed by atoms with E-state index in [1.54, 1.807) is 17.1 Å². The van der Waals surface area contributed by atoms with Crippen LogP contribution in [0.15, 0.2) is 59.8 Å². The average Bonchev–Trinajstić information content (AvgIpc) is 3.38. The first kappa shape index (κ1) is 22.9. The second kappa shape index (κ2) is 8.11. The van der Waals surface area contributed by atoms with E-state index >= 15 is 4.39 Å². The van der Waals surface area contributed by atoms with Gasteiger partial charge in [-0.15, -0.1) is 0 Å². The number of nitrogens with one attached hydrogen (secondary N) is 1. The molecular formula is C25H29BFN3O4. The van der Waals surface area contributed by atoms with Crippen LogP contribution in [-0.4, -0.2) is 47.1 Å². The van der Waals surface area contributed by atoms with Crippen LogP contribution in [0.1, 0.15) is 40.5 Å². The monoisotopic (exact) mass is 465 g/mol. The molecule has 178 valence electrons. The van der Waals surface area contributed by atoms with Crippen molar-refractivity contribution < 1.29 is 23.6 Å². The van der Waals surface area contributed by atoms with E-state index in [0.717, 1.165) is 24.4 Å². The number of fused-ring (bicyclic) bond motifs is 1. The molecule has 2 aromatic rings. The number of aliphatic hydroxyl groups excluding tert-OH is 1. The minimum atomic E-state index is -1.12. The maximum absolute atomic E-state index is 15.0. The molecule has 3 aliphatic rings. The topological polar surface area (TPSA) is 74.3 Å². The number of benzene rings is 2. The molecule has 0 radical (unpaired) electrons. The quantitative estimate of drug-likeness (QED) is 0.676. The van der Waals surface area contributed by atoms with Gasteiger partial charge in [-0.25, -0.2) is 4.39 Å². The summed E-state index contributed by atoms with van der Waals surface area (Å²) in [7, 11) is -0.831. The number of carbonyl (C=O) groups is 1. The third-order valence-electron chi connectivity index (χ3n) is 7.19. The summed E-state index contributed by atoms with van der Waals surface area (Å²) in [6, 6.07) is 13.9. The van der Waals surface area contributed by atoms with Gasteiger partial charge in [0.1, 0.15) is 5.82 Å². The average molecular weight is 465 g/mol. The molecule has 1 atom stereocenters. The molecule has 0 saturated carbocycles. The first-order valence-corrected chi connectivity index (χ1v) is 11.6. The number of nitrogens with zero attached hydrogens (tertiary/aromatic N) is 2. The highest BCUT2D eigenvalue weighted by molar-refractivity contribution is 6.62. The van der Waals surface area contributed by atoms with Crippen molar-refractivity contribution in [3.8, 4) is 0 Å². The van der Waals surface area contributed by atoms with Crippen LogP contribution >= 0.6 is 0 Å². The number of amides is 1. The van der Waals surface area contributed by atoms with Gasteiger partial charge < -0.3 is 19.7 Å². The Bertz CT molecular complexity index is 1140. The van der Waals surface area contributed by atoms with Crippen LogP contribution in [0.2, 0.25) is 0 Å². The Balaban J connectivity index is 1.36. The zero-order valence-corrected chi connectivity index (χ0v) is 19.8. The number of anilines is 2. The summed E-state index contributed by atoms with van der Waals surface area (Å²) < 4.78 is 26.9. The molecule has 9 heteroatoms. The number of hydrogen-bond acceptors (Lipinski definition) is 6. The number of aliphatic hydroxyl groups is 1. The van der Waals surface area contributed by atoms with E-state index in [-0.39, 0.29) is 11.0 Å². The Morgan fingerprint density at radius 2 is 1.79 bits per heavy atom. The van der Waals surface area contributed by atoms with Crippen LogP contribution in [0.5, 0.6) is 0 Å². The smallest absolute Gasteiger partial charge is 0.399 e. The van der Waals surface area contributed by atoms with E-state index < -0.39 is 36.3 Å². The van der Waals surface area contributed by atoms with E-state index in [0.29, 0.717) is 12.1 Å². The fourth-order valence-electron chi connectivity index (χ4n) is 4.65. The Kier molecular flexibility index (Phi) is 5.46. The fraction of sp³-hybridized carbons (Fsp3) is 0.400. The molecule has 2 N–H and O–H groups in total.